The molecule has 0 aromatic heterocycles. The van der Waals surface area contributed by atoms with E-state index < -0.39 is 12.0 Å². The van der Waals surface area contributed by atoms with Crippen molar-refractivity contribution in [2.45, 2.75) is 25.9 Å². The number of methoxy groups -OCH3 is 3. The van der Waals surface area contributed by atoms with Crippen LogP contribution in [0.1, 0.15) is 30.5 Å². The number of hydrogen-bond donors (Lipinski definition) is 1. The molecule has 0 aliphatic carbocycles. The zero-order valence-electron chi connectivity index (χ0n) is 20.3. The number of hydrogen-bond acceptors (Lipinski definition) is 8. The Morgan fingerprint density at radius 3 is 2.53 bits per heavy atom. The van der Waals surface area contributed by atoms with Crippen molar-refractivity contribution < 1.29 is 28.2 Å². The van der Waals surface area contributed by atoms with Crippen molar-refractivity contribution >= 4 is 28.8 Å². The first-order chi connectivity index (χ1) is 17.4. The minimum atomic E-state index is -0.628. The van der Waals surface area contributed by atoms with Gasteiger partial charge in [0.25, 0.3) is 0 Å². The highest BCUT2D eigenvalue weighted by Gasteiger charge is 2.42. The Labute approximate surface area is 212 Å². The number of benzene rings is 2. The fourth-order valence-corrected chi connectivity index (χ4v) is 5.07. The largest absolute Gasteiger partial charge is 0.497 e. The molecule has 2 aromatic rings. The fourth-order valence-electron chi connectivity index (χ4n) is 4.11. The molecule has 0 bridgehead atoms. The minimum Gasteiger partial charge on any atom is -0.497 e. The maximum Gasteiger partial charge on any atom is 0.338 e. The van der Waals surface area contributed by atoms with Gasteiger partial charge in [-0.2, -0.15) is 0 Å². The van der Waals surface area contributed by atoms with Crippen molar-refractivity contribution in [1.82, 2.24) is 10.2 Å². The second-order valence-electron chi connectivity index (χ2n) is 8.07. The number of carbonyl (C=O) groups is 2. The number of halogens is 1. The van der Waals surface area contributed by atoms with Gasteiger partial charge in [-0.3, -0.25) is 4.79 Å². The Hall–Kier alpha value is -3.79. The van der Waals surface area contributed by atoms with Crippen LogP contribution in [-0.4, -0.2) is 43.3 Å². The second kappa shape index (κ2) is 10.9. The van der Waals surface area contributed by atoms with E-state index in [1.807, 2.05) is 16.4 Å². The van der Waals surface area contributed by atoms with Gasteiger partial charge in [-0.1, -0.05) is 23.9 Å². The van der Waals surface area contributed by atoms with Gasteiger partial charge in [0.15, 0.2) is 5.17 Å². The predicted octanol–water partition coefficient (Wildman–Crippen LogP) is 4.30. The molecule has 0 fully saturated rings. The summed E-state index contributed by atoms with van der Waals surface area (Å²) in [6.07, 6.45) is 0.0513. The highest BCUT2D eigenvalue weighted by molar-refractivity contribution is 8.16. The van der Waals surface area contributed by atoms with Crippen LogP contribution in [-0.2, 0) is 20.9 Å². The van der Waals surface area contributed by atoms with Crippen molar-refractivity contribution in [2.24, 2.45) is 4.99 Å². The Morgan fingerprint density at radius 1 is 1.11 bits per heavy atom. The molecular formula is C26H26FN3O5S. The third-order valence-corrected chi connectivity index (χ3v) is 6.77. The van der Waals surface area contributed by atoms with Gasteiger partial charge >= 0.3 is 5.97 Å². The van der Waals surface area contributed by atoms with Crippen molar-refractivity contribution in [3.05, 3.63) is 81.8 Å². The average molecular weight is 512 g/mol. The molecule has 0 saturated heterocycles. The Bertz CT molecular complexity index is 1270. The number of aliphatic imine (C=N–C) groups is 1. The lowest BCUT2D eigenvalue weighted by atomic mass is 9.93. The van der Waals surface area contributed by atoms with E-state index in [0.29, 0.717) is 39.2 Å². The van der Waals surface area contributed by atoms with Crippen LogP contribution in [0.25, 0.3) is 0 Å². The molecular weight excluding hydrogens is 485 g/mol. The normalized spacial score (nSPS) is 16.7. The molecule has 2 aromatic carbocycles. The number of rotatable bonds is 8. The van der Waals surface area contributed by atoms with Crippen LogP contribution in [0.4, 0.5) is 4.39 Å². The van der Waals surface area contributed by atoms with E-state index in [1.54, 1.807) is 45.4 Å². The minimum absolute atomic E-state index is 0.0513. The van der Waals surface area contributed by atoms with Gasteiger partial charge in [-0.05, 0) is 42.2 Å². The quantitative estimate of drug-likeness (QED) is 0.529. The highest BCUT2D eigenvalue weighted by Crippen LogP contribution is 2.47. The maximum absolute atomic E-state index is 13.2. The predicted molar refractivity (Wildman–Crippen MR) is 135 cm³/mol. The molecule has 36 heavy (non-hydrogen) atoms. The van der Waals surface area contributed by atoms with E-state index in [1.165, 1.54) is 31.0 Å². The Morgan fingerprint density at radius 2 is 1.86 bits per heavy atom. The van der Waals surface area contributed by atoms with Gasteiger partial charge in [0.05, 0.1) is 45.1 Å². The maximum atomic E-state index is 13.2. The molecule has 4 rings (SSSR count). The second-order valence-corrected chi connectivity index (χ2v) is 8.91. The lowest BCUT2D eigenvalue weighted by Gasteiger charge is -2.36. The molecule has 10 heteroatoms. The summed E-state index contributed by atoms with van der Waals surface area (Å²) < 4.78 is 29.2. The highest BCUT2D eigenvalue weighted by atomic mass is 32.2. The number of esters is 1. The number of amidine groups is 1. The van der Waals surface area contributed by atoms with Crippen LogP contribution in [0.15, 0.2) is 69.8 Å². The van der Waals surface area contributed by atoms with Gasteiger partial charge in [0.1, 0.15) is 17.3 Å². The number of carbonyl (C=O) groups excluding carboxylic acids is 2. The van der Waals surface area contributed by atoms with Crippen molar-refractivity contribution in [3.63, 3.8) is 0 Å². The molecule has 2 aliphatic heterocycles. The van der Waals surface area contributed by atoms with Gasteiger partial charge in [-0.25, -0.2) is 14.2 Å². The van der Waals surface area contributed by atoms with Gasteiger partial charge < -0.3 is 24.4 Å². The molecule has 2 aliphatic rings. The molecule has 0 unspecified atom stereocenters. The monoisotopic (exact) mass is 511 g/mol. The smallest absolute Gasteiger partial charge is 0.338 e. The molecule has 1 N–H and O–H groups in total. The summed E-state index contributed by atoms with van der Waals surface area (Å²) in [6.45, 7) is 2.02. The molecule has 0 saturated carbocycles. The van der Waals surface area contributed by atoms with E-state index in [9.17, 15) is 14.0 Å². The molecule has 0 radical (unpaired) electrons. The topological polar surface area (TPSA) is 89.5 Å². The first-order valence-corrected chi connectivity index (χ1v) is 12.0. The van der Waals surface area contributed by atoms with Crippen LogP contribution in [0.5, 0.6) is 11.5 Å². The van der Waals surface area contributed by atoms with Crippen LogP contribution >= 0.6 is 11.8 Å². The summed E-state index contributed by atoms with van der Waals surface area (Å²) in [5, 5.41) is 5.36. The van der Waals surface area contributed by atoms with Crippen LogP contribution in [0, 0.1) is 5.82 Å². The SMILES string of the molecule is COC(=O)C1=C(C)N=C2SC=C(CC(=O)NCc3ccc(F)cc3)N2[C@@H]1c1ccc(OC)cc1OC. The van der Waals surface area contributed by atoms with Gasteiger partial charge in [0, 0.05) is 23.9 Å². The number of allylic oxidation sites excluding steroid dienone is 1. The van der Waals surface area contributed by atoms with Crippen LogP contribution < -0.4 is 14.8 Å². The lowest BCUT2D eigenvalue weighted by Crippen LogP contribution is -2.38. The van der Waals surface area contributed by atoms with Crippen LogP contribution in [0.2, 0.25) is 0 Å². The lowest BCUT2D eigenvalue weighted by molar-refractivity contribution is -0.136. The average Bonchev–Trinajstić information content (AvgIpc) is 3.28. The van der Waals surface area contributed by atoms with Crippen molar-refractivity contribution in [2.75, 3.05) is 21.3 Å². The van der Waals surface area contributed by atoms with Gasteiger partial charge in [-0.15, -0.1) is 0 Å². The number of nitrogens with one attached hydrogen (secondary N) is 1. The van der Waals surface area contributed by atoms with Crippen LogP contribution in [0.3, 0.4) is 0 Å². The number of ether oxygens (including phenoxy) is 3. The first kappa shape index (κ1) is 25.3. The number of fused-ring (bicyclic) bond motifs is 1. The van der Waals surface area contributed by atoms with E-state index in [-0.39, 0.29) is 24.7 Å². The Kier molecular flexibility index (Phi) is 7.64. The standard InChI is InChI=1S/C26H26FN3O5S/c1-15-23(25(32)35-4)24(20-10-9-19(33-2)12-21(20)34-3)30-18(14-36-26(30)29-15)11-22(31)28-13-16-5-7-17(27)8-6-16/h5-10,12,14,24H,11,13H2,1-4H3,(H,28,31)/t24-/m1/s1. The van der Waals surface area contributed by atoms with Gasteiger partial charge in [0.2, 0.25) is 5.91 Å². The number of amides is 1. The molecule has 2 heterocycles. The number of thioether (sulfide) groups is 1. The zero-order chi connectivity index (χ0) is 25.8. The summed E-state index contributed by atoms with van der Waals surface area (Å²) in [4.78, 5) is 32.2. The third-order valence-electron chi connectivity index (χ3n) is 5.89. The van der Waals surface area contributed by atoms with Crippen molar-refractivity contribution in [1.29, 1.82) is 0 Å². The molecule has 188 valence electrons. The van der Waals surface area contributed by atoms with Crippen molar-refractivity contribution in [3.8, 4) is 11.5 Å². The fraction of sp³-hybridized carbons (Fsp3) is 0.269. The molecule has 1 amide bonds. The molecule has 0 spiro atoms. The van der Waals surface area contributed by atoms with E-state index >= 15 is 0 Å². The third kappa shape index (κ3) is 5.08. The molecule has 8 nitrogen and oxygen atoms in total. The molecule has 1 atom stereocenters. The summed E-state index contributed by atoms with van der Waals surface area (Å²) in [6, 6.07) is 10.7. The summed E-state index contributed by atoms with van der Waals surface area (Å²) in [5.41, 5.74) is 3.04. The van der Waals surface area contributed by atoms with E-state index in [2.05, 4.69) is 10.3 Å². The Balaban J connectivity index is 1.65. The number of nitrogens with zero attached hydrogens (tertiary/aromatic N) is 2. The summed E-state index contributed by atoms with van der Waals surface area (Å²) >= 11 is 1.38. The van der Waals surface area contributed by atoms with E-state index in [0.717, 1.165) is 5.56 Å². The zero-order valence-corrected chi connectivity index (χ0v) is 21.1. The van der Waals surface area contributed by atoms with E-state index in [4.69, 9.17) is 14.2 Å². The first-order valence-electron chi connectivity index (χ1n) is 11.1. The summed E-state index contributed by atoms with van der Waals surface area (Å²) in [7, 11) is 4.43. The summed E-state index contributed by atoms with van der Waals surface area (Å²) in [5.74, 6) is 0.0491.